The normalized spacial score (nSPS) is 13.4. The molecule has 0 aliphatic rings. The van der Waals surface area contributed by atoms with Gasteiger partial charge in [-0.1, -0.05) is 24.9 Å². The SMILES string of the molecule is CCCC(C(=O)O)c1ncc(C(F)(F)F)cc1Cl. The summed E-state index contributed by atoms with van der Waals surface area (Å²) in [5.74, 6) is -2.13. The number of aromatic nitrogens is 1. The van der Waals surface area contributed by atoms with Crippen LogP contribution in [0, 0.1) is 0 Å². The van der Waals surface area contributed by atoms with Gasteiger partial charge in [-0.25, -0.2) is 0 Å². The van der Waals surface area contributed by atoms with Crippen molar-refractivity contribution in [2.45, 2.75) is 31.9 Å². The fourth-order valence-electron chi connectivity index (χ4n) is 1.53. The molecule has 1 rings (SSSR count). The van der Waals surface area contributed by atoms with Crippen molar-refractivity contribution < 1.29 is 23.1 Å². The first-order chi connectivity index (χ1) is 8.27. The number of hydrogen-bond donors (Lipinski definition) is 1. The molecule has 0 aliphatic carbocycles. The molecule has 0 saturated heterocycles. The van der Waals surface area contributed by atoms with Gasteiger partial charge in [0.1, 0.15) is 5.92 Å². The van der Waals surface area contributed by atoms with Gasteiger partial charge < -0.3 is 5.11 Å². The zero-order valence-corrected chi connectivity index (χ0v) is 10.2. The van der Waals surface area contributed by atoms with Crippen LogP contribution < -0.4 is 0 Å². The van der Waals surface area contributed by atoms with Crippen LogP contribution in [0.2, 0.25) is 5.02 Å². The van der Waals surface area contributed by atoms with Crippen LogP contribution in [0.3, 0.4) is 0 Å². The molecular formula is C11H11ClF3NO2. The second-order valence-corrected chi connectivity index (χ2v) is 4.18. The lowest BCUT2D eigenvalue weighted by molar-refractivity contribution is -0.139. The topological polar surface area (TPSA) is 50.2 Å². The molecule has 18 heavy (non-hydrogen) atoms. The Balaban J connectivity index is 3.15. The molecule has 1 unspecified atom stereocenters. The number of nitrogens with zero attached hydrogens (tertiary/aromatic N) is 1. The number of hydrogen-bond acceptors (Lipinski definition) is 2. The van der Waals surface area contributed by atoms with Crippen molar-refractivity contribution in [3.05, 3.63) is 28.5 Å². The predicted molar refractivity (Wildman–Crippen MR) is 59.5 cm³/mol. The minimum atomic E-state index is -4.54. The molecule has 0 fully saturated rings. The molecule has 1 N–H and O–H groups in total. The van der Waals surface area contributed by atoms with Gasteiger partial charge in [0.15, 0.2) is 0 Å². The summed E-state index contributed by atoms with van der Waals surface area (Å²) in [6, 6.07) is 0.704. The van der Waals surface area contributed by atoms with Crippen molar-refractivity contribution in [3.63, 3.8) is 0 Å². The van der Waals surface area contributed by atoms with Crippen molar-refractivity contribution in [3.8, 4) is 0 Å². The van der Waals surface area contributed by atoms with Gasteiger partial charge in [-0.15, -0.1) is 0 Å². The average molecular weight is 282 g/mol. The molecule has 1 aromatic heterocycles. The molecule has 0 aromatic carbocycles. The standard InChI is InChI=1S/C11H11ClF3NO2/c1-2-3-7(10(17)18)9-8(12)4-6(5-16-9)11(13,14)15/h4-5,7H,2-3H2,1H3,(H,17,18). The highest BCUT2D eigenvalue weighted by Gasteiger charge is 2.33. The molecule has 3 nitrogen and oxygen atoms in total. The van der Waals surface area contributed by atoms with E-state index in [0.29, 0.717) is 18.7 Å². The van der Waals surface area contributed by atoms with E-state index in [-0.39, 0.29) is 17.1 Å². The first kappa shape index (κ1) is 14.8. The van der Waals surface area contributed by atoms with Gasteiger partial charge in [0.05, 0.1) is 16.3 Å². The van der Waals surface area contributed by atoms with E-state index in [0.717, 1.165) is 0 Å². The Morgan fingerprint density at radius 1 is 1.56 bits per heavy atom. The Morgan fingerprint density at radius 3 is 2.56 bits per heavy atom. The molecule has 7 heteroatoms. The van der Waals surface area contributed by atoms with E-state index in [2.05, 4.69) is 4.98 Å². The van der Waals surface area contributed by atoms with Crippen LogP contribution in [0.15, 0.2) is 12.3 Å². The van der Waals surface area contributed by atoms with Crippen LogP contribution in [-0.4, -0.2) is 16.1 Å². The Hall–Kier alpha value is -1.30. The van der Waals surface area contributed by atoms with Crippen LogP contribution >= 0.6 is 11.6 Å². The van der Waals surface area contributed by atoms with E-state index in [4.69, 9.17) is 16.7 Å². The van der Waals surface area contributed by atoms with E-state index in [1.165, 1.54) is 0 Å². The summed E-state index contributed by atoms with van der Waals surface area (Å²) >= 11 is 5.68. The smallest absolute Gasteiger partial charge is 0.417 e. The summed E-state index contributed by atoms with van der Waals surface area (Å²) in [6.45, 7) is 1.77. The van der Waals surface area contributed by atoms with E-state index in [9.17, 15) is 18.0 Å². The summed E-state index contributed by atoms with van der Waals surface area (Å²) in [6.07, 6.45) is -3.10. The lowest BCUT2D eigenvalue weighted by Gasteiger charge is -2.14. The summed E-state index contributed by atoms with van der Waals surface area (Å²) in [4.78, 5) is 14.6. The monoisotopic (exact) mass is 281 g/mol. The highest BCUT2D eigenvalue weighted by Crippen LogP contribution is 2.33. The Kier molecular flexibility index (Phi) is 4.56. The van der Waals surface area contributed by atoms with Gasteiger partial charge in [-0.05, 0) is 12.5 Å². The maximum Gasteiger partial charge on any atom is 0.417 e. The lowest BCUT2D eigenvalue weighted by atomic mass is 9.99. The zero-order valence-electron chi connectivity index (χ0n) is 9.46. The number of alkyl halides is 3. The molecule has 1 heterocycles. The number of carboxylic acid groups (broad SMARTS) is 1. The molecule has 0 bridgehead atoms. The van der Waals surface area contributed by atoms with Crippen LogP contribution in [0.5, 0.6) is 0 Å². The third kappa shape index (κ3) is 3.35. The minimum absolute atomic E-state index is 0.0287. The highest BCUT2D eigenvalue weighted by molar-refractivity contribution is 6.31. The van der Waals surface area contributed by atoms with Gasteiger partial charge in [-0.2, -0.15) is 13.2 Å². The second-order valence-electron chi connectivity index (χ2n) is 3.77. The van der Waals surface area contributed by atoms with Crippen LogP contribution in [0.1, 0.15) is 36.9 Å². The second kappa shape index (κ2) is 5.56. The fraction of sp³-hybridized carbons (Fsp3) is 0.455. The van der Waals surface area contributed by atoms with Gasteiger partial charge in [0.25, 0.3) is 0 Å². The number of halogens is 4. The maximum absolute atomic E-state index is 12.4. The number of pyridine rings is 1. The molecule has 0 aliphatic heterocycles. The fourth-order valence-corrected chi connectivity index (χ4v) is 1.82. The molecule has 1 aromatic rings. The molecule has 0 saturated carbocycles. The van der Waals surface area contributed by atoms with E-state index in [1.807, 2.05) is 0 Å². The molecule has 0 radical (unpaired) electrons. The van der Waals surface area contributed by atoms with Crippen LogP contribution in [0.4, 0.5) is 13.2 Å². The van der Waals surface area contributed by atoms with Gasteiger partial charge in [0, 0.05) is 6.20 Å². The average Bonchev–Trinajstić information content (AvgIpc) is 2.24. The molecule has 100 valence electrons. The number of carbonyl (C=O) groups is 1. The summed E-state index contributed by atoms with van der Waals surface area (Å²) in [7, 11) is 0. The van der Waals surface area contributed by atoms with Crippen LogP contribution in [-0.2, 0) is 11.0 Å². The first-order valence-electron chi connectivity index (χ1n) is 5.22. The maximum atomic E-state index is 12.4. The molecular weight excluding hydrogens is 271 g/mol. The van der Waals surface area contributed by atoms with Crippen molar-refractivity contribution >= 4 is 17.6 Å². The number of rotatable bonds is 4. The minimum Gasteiger partial charge on any atom is -0.481 e. The van der Waals surface area contributed by atoms with E-state index in [1.54, 1.807) is 6.92 Å². The summed E-state index contributed by atoms with van der Waals surface area (Å²) < 4.78 is 37.2. The van der Waals surface area contributed by atoms with Crippen molar-refractivity contribution in [2.75, 3.05) is 0 Å². The van der Waals surface area contributed by atoms with E-state index >= 15 is 0 Å². The number of aliphatic carboxylic acids is 1. The Morgan fingerprint density at radius 2 is 2.17 bits per heavy atom. The lowest BCUT2D eigenvalue weighted by Crippen LogP contribution is -2.15. The van der Waals surface area contributed by atoms with Crippen LogP contribution in [0.25, 0.3) is 0 Å². The molecule has 1 atom stereocenters. The quantitative estimate of drug-likeness (QED) is 0.915. The Bertz CT molecular complexity index is 448. The van der Waals surface area contributed by atoms with Gasteiger partial charge >= 0.3 is 12.1 Å². The van der Waals surface area contributed by atoms with E-state index < -0.39 is 23.6 Å². The molecule has 0 spiro atoms. The zero-order chi connectivity index (χ0) is 13.9. The highest BCUT2D eigenvalue weighted by atomic mass is 35.5. The first-order valence-corrected chi connectivity index (χ1v) is 5.60. The van der Waals surface area contributed by atoms with Gasteiger partial charge in [-0.3, -0.25) is 9.78 Å². The third-order valence-corrected chi connectivity index (χ3v) is 2.71. The van der Waals surface area contributed by atoms with Crippen molar-refractivity contribution in [1.29, 1.82) is 0 Å². The number of carboxylic acids is 1. The largest absolute Gasteiger partial charge is 0.481 e. The third-order valence-electron chi connectivity index (χ3n) is 2.40. The van der Waals surface area contributed by atoms with Crippen molar-refractivity contribution in [2.24, 2.45) is 0 Å². The summed E-state index contributed by atoms with van der Waals surface area (Å²) in [5, 5.41) is 8.72. The summed E-state index contributed by atoms with van der Waals surface area (Å²) in [5.41, 5.74) is -1.02. The predicted octanol–water partition coefficient (Wildman–Crippen LogP) is 3.72. The van der Waals surface area contributed by atoms with Gasteiger partial charge in [0.2, 0.25) is 0 Å². The molecule has 0 amide bonds. The Labute approximate surface area is 107 Å². The van der Waals surface area contributed by atoms with Crippen molar-refractivity contribution in [1.82, 2.24) is 4.98 Å².